The predicted octanol–water partition coefficient (Wildman–Crippen LogP) is 7.89. The van der Waals surface area contributed by atoms with Crippen molar-refractivity contribution in [2.75, 3.05) is 14.2 Å². The molecule has 0 unspecified atom stereocenters. The van der Waals surface area contributed by atoms with Crippen LogP contribution in [0.15, 0.2) is 72.8 Å². The molecular weight excluding hydrogens is 758 g/mol. The number of carbonyl (C=O) groups is 3. The molecule has 0 saturated heterocycles. The quantitative estimate of drug-likeness (QED) is 0.173. The highest BCUT2D eigenvalue weighted by molar-refractivity contribution is 9.10. The molecule has 0 aliphatic heterocycles. The highest BCUT2D eigenvalue weighted by atomic mass is 79.9. The minimum Gasteiger partial charge on any atom is -0.508 e. The number of aromatic hydroxyl groups is 1. The van der Waals surface area contributed by atoms with Gasteiger partial charge in [0.2, 0.25) is 11.2 Å². The molecule has 0 amide bonds. The van der Waals surface area contributed by atoms with Crippen molar-refractivity contribution < 1.29 is 43.5 Å². The summed E-state index contributed by atoms with van der Waals surface area (Å²) in [5, 5.41) is 43.7. The normalized spacial score (nSPS) is 16.7. The fourth-order valence-corrected chi connectivity index (χ4v) is 7.01. The molecule has 3 saturated carbocycles. The summed E-state index contributed by atoms with van der Waals surface area (Å²) in [5.74, 6) is -0.0441. The van der Waals surface area contributed by atoms with Crippen LogP contribution >= 0.6 is 15.9 Å². The first-order chi connectivity index (χ1) is 25.9. The first kappa shape index (κ1) is 42.8. The maximum absolute atomic E-state index is 11.9. The molecule has 3 aliphatic rings. The Balaban J connectivity index is 0.000000202. The summed E-state index contributed by atoms with van der Waals surface area (Å²) in [6, 6.07) is 25.4. The lowest BCUT2D eigenvalue weighted by molar-refractivity contribution is -0.158. The molecule has 0 atom stereocenters. The minimum atomic E-state index is -1.08. The van der Waals surface area contributed by atoms with Gasteiger partial charge in [-0.15, -0.1) is 0 Å². The number of phenolic OH excluding ortho intramolecular Hbond substituents is 1. The average molecular weight is 803 g/mol. The predicted molar refractivity (Wildman–Crippen MR) is 201 cm³/mol. The Morgan fingerprint density at radius 1 is 0.574 bits per heavy atom. The van der Waals surface area contributed by atoms with E-state index in [0.29, 0.717) is 53.9 Å². The molecular formula is C41H44BrN3O9. The van der Waals surface area contributed by atoms with E-state index in [1.165, 1.54) is 26.4 Å². The summed E-state index contributed by atoms with van der Waals surface area (Å²) in [7, 11) is 2.81. The average Bonchev–Trinajstić information content (AvgIpc) is 3.99. The number of nitriles is 3. The van der Waals surface area contributed by atoms with Gasteiger partial charge in [0.25, 0.3) is 0 Å². The van der Waals surface area contributed by atoms with Crippen molar-refractivity contribution in [1.29, 1.82) is 15.8 Å². The third-order valence-electron chi connectivity index (χ3n) is 9.31. The first-order valence-electron chi connectivity index (χ1n) is 17.5. The molecule has 0 radical (unpaired) electrons. The zero-order chi connectivity index (χ0) is 39.6. The van der Waals surface area contributed by atoms with Crippen molar-refractivity contribution in [1.82, 2.24) is 0 Å². The van der Waals surface area contributed by atoms with Crippen LogP contribution in [0.2, 0.25) is 0 Å². The molecule has 3 aromatic carbocycles. The van der Waals surface area contributed by atoms with Crippen molar-refractivity contribution in [3.63, 3.8) is 0 Å². The van der Waals surface area contributed by atoms with Gasteiger partial charge in [0.15, 0.2) is 0 Å². The van der Waals surface area contributed by atoms with Crippen molar-refractivity contribution in [3.05, 3.63) is 89.5 Å². The summed E-state index contributed by atoms with van der Waals surface area (Å²) in [5.41, 5.74) is -0.251. The third-order valence-corrected chi connectivity index (χ3v) is 10.4. The molecule has 0 heterocycles. The molecule has 12 nitrogen and oxygen atoms in total. The number of benzene rings is 3. The second-order valence-electron chi connectivity index (χ2n) is 13.0. The Morgan fingerprint density at radius 3 is 1.26 bits per heavy atom. The second-order valence-corrected chi connectivity index (χ2v) is 14.5. The number of hydrogen-bond donors (Lipinski definition) is 2. The number of methoxy groups -OCH3 is 2. The number of aliphatic carboxylic acids is 1. The molecule has 3 fully saturated rings. The van der Waals surface area contributed by atoms with Crippen LogP contribution in [0.25, 0.3) is 0 Å². The van der Waals surface area contributed by atoms with E-state index in [2.05, 4.69) is 20.7 Å². The minimum absolute atomic E-state index is 0.120. The summed E-state index contributed by atoms with van der Waals surface area (Å²) in [6.07, 6.45) is 10.2. The van der Waals surface area contributed by atoms with Crippen LogP contribution in [0.5, 0.6) is 17.2 Å². The van der Waals surface area contributed by atoms with E-state index in [1.807, 2.05) is 18.2 Å². The van der Waals surface area contributed by atoms with Gasteiger partial charge in [0.1, 0.15) is 21.6 Å². The summed E-state index contributed by atoms with van der Waals surface area (Å²) < 4.78 is 20.6. The number of alkyl halides is 1. The van der Waals surface area contributed by atoms with Gasteiger partial charge in [0, 0.05) is 0 Å². The Bertz CT molecular complexity index is 1810. The number of phenols is 1. The zero-order valence-electron chi connectivity index (χ0n) is 30.4. The van der Waals surface area contributed by atoms with Crippen LogP contribution in [0, 0.1) is 34.0 Å². The van der Waals surface area contributed by atoms with Crippen molar-refractivity contribution >= 4 is 33.8 Å². The van der Waals surface area contributed by atoms with E-state index in [0.717, 1.165) is 51.4 Å². The number of hydrogen-bond acceptors (Lipinski definition) is 11. The monoisotopic (exact) mass is 801 g/mol. The van der Waals surface area contributed by atoms with E-state index in [9.17, 15) is 19.5 Å². The van der Waals surface area contributed by atoms with Crippen LogP contribution in [-0.2, 0) is 23.9 Å². The van der Waals surface area contributed by atoms with Crippen molar-refractivity contribution in [3.8, 4) is 35.5 Å². The van der Waals surface area contributed by atoms with Gasteiger partial charge >= 0.3 is 17.9 Å². The smallest absolute Gasteiger partial charge is 0.350 e. The van der Waals surface area contributed by atoms with Crippen LogP contribution in [-0.4, -0.2) is 57.9 Å². The van der Waals surface area contributed by atoms with E-state index in [4.69, 9.17) is 35.1 Å². The highest BCUT2D eigenvalue weighted by Gasteiger charge is 2.45. The van der Waals surface area contributed by atoms with Crippen molar-refractivity contribution in [2.45, 2.75) is 92.6 Å². The molecule has 13 heteroatoms. The van der Waals surface area contributed by atoms with Gasteiger partial charge in [-0.1, -0.05) is 28.8 Å². The number of nitrogens with zero attached hydrogens (tertiary/aromatic N) is 3. The zero-order valence-corrected chi connectivity index (χ0v) is 32.0. The second kappa shape index (κ2) is 20.6. The van der Waals surface area contributed by atoms with Crippen LogP contribution in [0.3, 0.4) is 0 Å². The van der Waals surface area contributed by atoms with E-state index in [1.54, 1.807) is 60.7 Å². The largest absolute Gasteiger partial charge is 0.508 e. The molecule has 0 spiro atoms. The number of rotatable bonds is 7. The standard InChI is InChI=1S/C14H15NO3.C13H13NO3.C7H11BrO2.C7H5NO/c1-17-13(16)14(8-2-3-9-14)18-12-6-4-11(10-15)5-7-12;14-9-10-3-5-11(6-4-10)17-13(12(15)16)7-1-2-8-13;1-10-6(9)7(8)4-2-3-5-7;8-5-6-1-3-7(9)4-2-6/h4-7H,2-3,8-9H2,1H3;3-6H,1-2,7-8H2,(H,15,16);2-5H2,1H3;1-4,9H. The Morgan fingerprint density at radius 2 is 0.907 bits per heavy atom. The maximum atomic E-state index is 11.9. The number of ether oxygens (including phenoxy) is 4. The van der Waals surface area contributed by atoms with Crippen LogP contribution < -0.4 is 9.47 Å². The van der Waals surface area contributed by atoms with E-state index in [-0.39, 0.29) is 22.0 Å². The number of carboxylic acid groups (broad SMARTS) is 1. The van der Waals surface area contributed by atoms with Gasteiger partial charge in [-0.05, 0) is 137 Å². The van der Waals surface area contributed by atoms with E-state index >= 15 is 0 Å². The first-order valence-corrected chi connectivity index (χ1v) is 18.3. The Kier molecular flexibility index (Phi) is 16.3. The molecule has 3 aromatic rings. The number of halogens is 1. The molecule has 3 aliphatic carbocycles. The molecule has 6 rings (SSSR count). The topological polar surface area (TPSA) is 200 Å². The molecule has 0 bridgehead atoms. The molecule has 54 heavy (non-hydrogen) atoms. The lowest BCUT2D eigenvalue weighted by Gasteiger charge is -2.27. The van der Waals surface area contributed by atoms with Gasteiger partial charge in [-0.25, -0.2) is 9.59 Å². The maximum Gasteiger partial charge on any atom is 0.350 e. The number of carbonyl (C=O) groups excluding carboxylic acids is 2. The fourth-order valence-electron chi connectivity index (χ4n) is 6.29. The third kappa shape index (κ3) is 12.0. The van der Waals surface area contributed by atoms with Gasteiger partial charge in [-0.3, -0.25) is 4.79 Å². The number of carboxylic acids is 1. The lowest BCUT2D eigenvalue weighted by Crippen LogP contribution is -2.42. The number of esters is 2. The van der Waals surface area contributed by atoms with Crippen LogP contribution in [0.1, 0.15) is 93.7 Å². The fraction of sp³-hybridized carbons (Fsp3) is 0.415. The van der Waals surface area contributed by atoms with Gasteiger partial charge in [0.05, 0.1) is 49.1 Å². The van der Waals surface area contributed by atoms with Gasteiger partial charge < -0.3 is 29.2 Å². The van der Waals surface area contributed by atoms with Crippen molar-refractivity contribution in [2.24, 2.45) is 0 Å². The Hall–Kier alpha value is -5.58. The summed E-state index contributed by atoms with van der Waals surface area (Å²) in [4.78, 5) is 34.2. The van der Waals surface area contributed by atoms with Gasteiger partial charge in [-0.2, -0.15) is 15.8 Å². The lowest BCUT2D eigenvalue weighted by atomic mass is 10.0. The van der Waals surface area contributed by atoms with E-state index < -0.39 is 17.2 Å². The Labute approximate surface area is 324 Å². The molecule has 284 valence electrons. The highest BCUT2D eigenvalue weighted by Crippen LogP contribution is 2.39. The molecule has 0 aromatic heterocycles. The van der Waals surface area contributed by atoms with Crippen LogP contribution in [0.4, 0.5) is 0 Å². The molecule has 2 N–H and O–H groups in total. The summed E-state index contributed by atoms with van der Waals surface area (Å²) >= 11 is 3.40. The summed E-state index contributed by atoms with van der Waals surface area (Å²) in [6.45, 7) is 0. The SMILES string of the molecule is COC(=O)C1(Br)CCCC1.COC(=O)C1(Oc2ccc(C#N)cc2)CCCC1.N#Cc1ccc(O)cc1.N#Cc1ccc(OC2(C(=O)O)CCCC2)cc1.